The number of rotatable bonds is 4. The Morgan fingerprint density at radius 2 is 2.13 bits per heavy atom. The van der Waals surface area contributed by atoms with E-state index in [4.69, 9.17) is 22.1 Å². The predicted molar refractivity (Wildman–Crippen MR) is 84.2 cm³/mol. The van der Waals surface area contributed by atoms with E-state index in [-0.39, 0.29) is 23.3 Å². The van der Waals surface area contributed by atoms with E-state index in [1.165, 1.54) is 0 Å². The Bertz CT molecular complexity index is 752. The maximum Gasteiger partial charge on any atom is 0.271 e. The second-order valence-corrected chi connectivity index (χ2v) is 5.98. The third-order valence-corrected chi connectivity index (χ3v) is 4.53. The first-order valence-corrected chi connectivity index (χ1v) is 7.70. The maximum absolute atomic E-state index is 12.5. The number of primary amides is 1. The lowest BCUT2D eigenvalue weighted by Gasteiger charge is -2.34. The molecule has 1 fully saturated rings. The summed E-state index contributed by atoms with van der Waals surface area (Å²) in [5.74, 6) is -0.814. The van der Waals surface area contributed by atoms with E-state index in [0.29, 0.717) is 31.7 Å². The molecule has 7 nitrogen and oxygen atoms in total. The number of hydrogen-bond donors (Lipinski definition) is 2. The first-order chi connectivity index (χ1) is 11.0. The molecular weight excluding hydrogens is 320 g/mol. The monoisotopic (exact) mass is 336 g/mol. The number of nitrogens with zero attached hydrogens (tertiary/aromatic N) is 2. The van der Waals surface area contributed by atoms with Crippen molar-refractivity contribution in [1.82, 2.24) is 14.7 Å². The number of carbonyl (C=O) groups is 2. The SMILES string of the molecule is NC(=O)C1(CNC(=O)c2c(Cl)nc3ccccn23)CCOCC1. The molecule has 0 aliphatic carbocycles. The number of hydrogen-bond acceptors (Lipinski definition) is 4. The summed E-state index contributed by atoms with van der Waals surface area (Å²) >= 11 is 6.08. The highest BCUT2D eigenvalue weighted by molar-refractivity contribution is 6.32. The molecule has 0 aromatic carbocycles. The molecule has 0 unspecified atom stereocenters. The van der Waals surface area contributed by atoms with Crippen molar-refractivity contribution in [3.63, 3.8) is 0 Å². The number of nitrogens with two attached hydrogens (primary N) is 1. The van der Waals surface area contributed by atoms with Crippen LogP contribution in [-0.4, -0.2) is 41.0 Å². The van der Waals surface area contributed by atoms with Gasteiger partial charge >= 0.3 is 0 Å². The van der Waals surface area contributed by atoms with E-state index < -0.39 is 11.3 Å². The number of fused-ring (bicyclic) bond motifs is 1. The molecule has 2 aromatic heterocycles. The molecule has 3 N–H and O–H groups in total. The van der Waals surface area contributed by atoms with Crippen molar-refractivity contribution in [2.45, 2.75) is 12.8 Å². The minimum absolute atomic E-state index is 0.119. The molecule has 3 heterocycles. The summed E-state index contributed by atoms with van der Waals surface area (Å²) in [6, 6.07) is 5.35. The van der Waals surface area contributed by atoms with Crippen molar-refractivity contribution in [3.05, 3.63) is 35.2 Å². The van der Waals surface area contributed by atoms with E-state index in [9.17, 15) is 9.59 Å². The van der Waals surface area contributed by atoms with Crippen LogP contribution in [0.25, 0.3) is 5.65 Å². The van der Waals surface area contributed by atoms with Crippen LogP contribution in [0.5, 0.6) is 0 Å². The van der Waals surface area contributed by atoms with Gasteiger partial charge in [0, 0.05) is 26.0 Å². The summed E-state index contributed by atoms with van der Waals surface area (Å²) in [6.45, 7) is 1.06. The lowest BCUT2D eigenvalue weighted by molar-refractivity contribution is -0.132. The van der Waals surface area contributed by atoms with Gasteiger partial charge in [-0.05, 0) is 25.0 Å². The zero-order valence-corrected chi connectivity index (χ0v) is 13.2. The molecule has 8 heteroatoms. The third-order valence-electron chi connectivity index (χ3n) is 4.26. The molecule has 0 atom stereocenters. The fourth-order valence-corrected chi connectivity index (χ4v) is 3.04. The van der Waals surface area contributed by atoms with Gasteiger partial charge in [-0.3, -0.25) is 14.0 Å². The summed E-state index contributed by atoms with van der Waals surface area (Å²) in [5, 5.41) is 2.89. The zero-order chi connectivity index (χ0) is 16.4. The Morgan fingerprint density at radius 3 is 2.83 bits per heavy atom. The molecule has 1 saturated heterocycles. The van der Waals surface area contributed by atoms with Gasteiger partial charge in [0.2, 0.25) is 5.91 Å². The Balaban J connectivity index is 1.81. The molecule has 0 saturated carbocycles. The Kier molecular flexibility index (Phi) is 4.23. The molecule has 23 heavy (non-hydrogen) atoms. The van der Waals surface area contributed by atoms with Crippen molar-refractivity contribution in [3.8, 4) is 0 Å². The van der Waals surface area contributed by atoms with Crippen LogP contribution in [0.3, 0.4) is 0 Å². The van der Waals surface area contributed by atoms with Gasteiger partial charge in [-0.1, -0.05) is 17.7 Å². The topological polar surface area (TPSA) is 98.7 Å². The second kappa shape index (κ2) is 6.17. The Hall–Kier alpha value is -2.12. The molecule has 1 aliphatic heterocycles. The number of imidazole rings is 1. The van der Waals surface area contributed by atoms with Gasteiger partial charge < -0.3 is 15.8 Å². The molecular formula is C15H17ClN4O3. The molecule has 3 rings (SSSR count). The highest BCUT2D eigenvalue weighted by Crippen LogP contribution is 2.29. The Labute approximate surface area is 137 Å². The molecule has 2 amide bonds. The minimum atomic E-state index is -0.777. The lowest BCUT2D eigenvalue weighted by atomic mass is 9.79. The fourth-order valence-electron chi connectivity index (χ4n) is 2.78. The van der Waals surface area contributed by atoms with E-state index in [1.807, 2.05) is 6.07 Å². The van der Waals surface area contributed by atoms with Crippen LogP contribution in [0, 0.1) is 5.41 Å². The van der Waals surface area contributed by atoms with Gasteiger partial charge in [-0.15, -0.1) is 0 Å². The van der Waals surface area contributed by atoms with Gasteiger partial charge in [0.05, 0.1) is 5.41 Å². The number of carbonyl (C=O) groups excluding carboxylic acids is 2. The van der Waals surface area contributed by atoms with Crippen LogP contribution < -0.4 is 11.1 Å². The number of ether oxygens (including phenoxy) is 1. The first-order valence-electron chi connectivity index (χ1n) is 7.32. The predicted octanol–water partition coefficient (Wildman–Crippen LogP) is 1.000. The summed E-state index contributed by atoms with van der Waals surface area (Å²) in [5.41, 5.74) is 5.59. The van der Waals surface area contributed by atoms with Crippen molar-refractivity contribution in [2.24, 2.45) is 11.1 Å². The van der Waals surface area contributed by atoms with Gasteiger partial charge in [-0.25, -0.2) is 4.98 Å². The summed E-state index contributed by atoms with van der Waals surface area (Å²) in [4.78, 5) is 28.5. The molecule has 0 bridgehead atoms. The zero-order valence-electron chi connectivity index (χ0n) is 12.4. The number of amides is 2. The number of halogens is 1. The normalized spacial score (nSPS) is 17.1. The minimum Gasteiger partial charge on any atom is -0.381 e. The van der Waals surface area contributed by atoms with Gasteiger partial charge in [0.15, 0.2) is 10.8 Å². The average molecular weight is 337 g/mol. The molecule has 122 valence electrons. The fraction of sp³-hybridized carbons (Fsp3) is 0.400. The van der Waals surface area contributed by atoms with Crippen LogP contribution in [-0.2, 0) is 9.53 Å². The van der Waals surface area contributed by atoms with Crippen molar-refractivity contribution in [1.29, 1.82) is 0 Å². The van der Waals surface area contributed by atoms with Crippen LogP contribution in [0.4, 0.5) is 0 Å². The average Bonchev–Trinajstić information content (AvgIpc) is 2.89. The van der Waals surface area contributed by atoms with Gasteiger partial charge in [-0.2, -0.15) is 0 Å². The highest BCUT2D eigenvalue weighted by Gasteiger charge is 2.39. The lowest BCUT2D eigenvalue weighted by Crippen LogP contribution is -2.49. The summed E-state index contributed by atoms with van der Waals surface area (Å²) < 4.78 is 6.88. The van der Waals surface area contributed by atoms with Crippen molar-refractivity contribution >= 4 is 29.1 Å². The number of pyridine rings is 1. The van der Waals surface area contributed by atoms with Crippen LogP contribution in [0.2, 0.25) is 5.15 Å². The molecule has 0 spiro atoms. The smallest absolute Gasteiger partial charge is 0.271 e. The molecule has 1 aliphatic rings. The van der Waals surface area contributed by atoms with E-state index >= 15 is 0 Å². The van der Waals surface area contributed by atoms with E-state index in [0.717, 1.165) is 0 Å². The molecule has 0 radical (unpaired) electrons. The largest absolute Gasteiger partial charge is 0.381 e. The maximum atomic E-state index is 12.5. The number of nitrogens with one attached hydrogen (secondary N) is 1. The first kappa shape index (κ1) is 15.8. The number of aromatic nitrogens is 2. The van der Waals surface area contributed by atoms with Crippen LogP contribution in [0.1, 0.15) is 23.3 Å². The highest BCUT2D eigenvalue weighted by atomic mass is 35.5. The van der Waals surface area contributed by atoms with Crippen molar-refractivity contribution in [2.75, 3.05) is 19.8 Å². The van der Waals surface area contributed by atoms with Gasteiger partial charge in [0.1, 0.15) is 5.65 Å². The van der Waals surface area contributed by atoms with Crippen LogP contribution >= 0.6 is 11.6 Å². The quantitative estimate of drug-likeness (QED) is 0.870. The Morgan fingerprint density at radius 1 is 1.39 bits per heavy atom. The molecule has 2 aromatic rings. The summed E-state index contributed by atoms with van der Waals surface area (Å²) in [7, 11) is 0. The van der Waals surface area contributed by atoms with E-state index in [1.54, 1.807) is 22.7 Å². The van der Waals surface area contributed by atoms with Crippen LogP contribution in [0.15, 0.2) is 24.4 Å². The standard InChI is InChI=1S/C15H17ClN4O3/c16-12-11(20-6-2-1-3-10(20)19-12)13(21)18-9-15(14(17)22)4-7-23-8-5-15/h1-3,6H,4-5,7-9H2,(H2,17,22)(H,18,21). The van der Waals surface area contributed by atoms with Gasteiger partial charge in [0.25, 0.3) is 5.91 Å². The third kappa shape index (κ3) is 2.89. The van der Waals surface area contributed by atoms with Crippen molar-refractivity contribution < 1.29 is 14.3 Å². The van der Waals surface area contributed by atoms with E-state index in [2.05, 4.69) is 10.3 Å². The summed E-state index contributed by atoms with van der Waals surface area (Å²) in [6.07, 6.45) is 2.69. The second-order valence-electron chi connectivity index (χ2n) is 5.62.